The van der Waals surface area contributed by atoms with E-state index in [2.05, 4.69) is 20.9 Å². The molecule has 1 aliphatic heterocycles. The fourth-order valence-corrected chi connectivity index (χ4v) is 3.01. The van der Waals surface area contributed by atoms with Crippen molar-refractivity contribution in [3.63, 3.8) is 0 Å². The quantitative estimate of drug-likeness (QED) is 0.655. The molecule has 126 valence electrons. The van der Waals surface area contributed by atoms with Crippen LogP contribution in [-0.4, -0.2) is 23.3 Å². The average molecular weight is 392 g/mol. The van der Waals surface area contributed by atoms with Crippen molar-refractivity contribution < 1.29 is 13.7 Å². The van der Waals surface area contributed by atoms with Crippen LogP contribution in [0.2, 0.25) is 0 Å². The summed E-state index contributed by atoms with van der Waals surface area (Å²) in [6.45, 7) is 9.50. The van der Waals surface area contributed by atoms with Gasteiger partial charge in [0.2, 0.25) is 0 Å². The first-order valence-electron chi connectivity index (χ1n) is 7.89. The number of pyridine rings is 1. The van der Waals surface area contributed by atoms with Crippen molar-refractivity contribution >= 4 is 39.9 Å². The third-order valence-electron chi connectivity index (χ3n) is 4.71. The molecule has 0 unspecified atom stereocenters. The first kappa shape index (κ1) is 17.6. The maximum absolute atomic E-state index is 14.8. The Balaban J connectivity index is 2.03. The van der Waals surface area contributed by atoms with Gasteiger partial charge >= 0.3 is 7.12 Å². The van der Waals surface area contributed by atoms with Crippen LogP contribution in [0, 0.1) is 6.92 Å². The number of aryl methyl sites for hydroxylation is 1. The van der Waals surface area contributed by atoms with Gasteiger partial charge in [-0.05, 0) is 64.3 Å². The Labute approximate surface area is 150 Å². The molecule has 1 aromatic heterocycles. The minimum absolute atomic E-state index is 0.479. The topological polar surface area (TPSA) is 31.4 Å². The van der Waals surface area contributed by atoms with E-state index in [0.717, 1.165) is 20.9 Å². The Morgan fingerprint density at radius 2 is 1.79 bits per heavy atom. The van der Waals surface area contributed by atoms with Crippen molar-refractivity contribution in [2.75, 3.05) is 0 Å². The van der Waals surface area contributed by atoms with Gasteiger partial charge in [-0.25, -0.2) is 4.39 Å². The molecule has 0 amide bonds. The van der Waals surface area contributed by atoms with Gasteiger partial charge in [0.25, 0.3) is 0 Å². The number of benzene rings is 1. The highest BCUT2D eigenvalue weighted by molar-refractivity contribution is 9.10. The molecule has 3 rings (SSSR count). The lowest BCUT2D eigenvalue weighted by Crippen LogP contribution is -2.41. The fourth-order valence-electron chi connectivity index (χ4n) is 2.65. The van der Waals surface area contributed by atoms with Crippen molar-refractivity contribution in [3.8, 4) is 0 Å². The third-order valence-corrected chi connectivity index (χ3v) is 5.20. The molecule has 1 aromatic carbocycles. The number of hydrogen-bond donors (Lipinski definition) is 0. The van der Waals surface area contributed by atoms with Gasteiger partial charge in [-0.1, -0.05) is 22.0 Å². The number of halogens is 2. The first-order valence-corrected chi connectivity index (χ1v) is 8.68. The van der Waals surface area contributed by atoms with E-state index in [0.29, 0.717) is 5.69 Å². The average Bonchev–Trinajstić information content (AvgIpc) is 2.68. The molecule has 24 heavy (non-hydrogen) atoms. The molecule has 0 N–H and O–H groups in total. The smallest absolute Gasteiger partial charge is 0.398 e. The first-order chi connectivity index (χ1) is 11.1. The molecule has 3 nitrogen and oxygen atoms in total. The van der Waals surface area contributed by atoms with E-state index in [1.807, 2.05) is 58.9 Å². The van der Waals surface area contributed by atoms with Crippen LogP contribution in [0.4, 0.5) is 4.39 Å². The summed E-state index contributed by atoms with van der Waals surface area (Å²) in [6, 6.07) is 7.86. The van der Waals surface area contributed by atoms with Crippen LogP contribution in [0.15, 0.2) is 34.5 Å². The van der Waals surface area contributed by atoms with E-state index in [4.69, 9.17) is 9.31 Å². The Morgan fingerprint density at radius 3 is 2.42 bits per heavy atom. The Hall–Kier alpha value is -1.24. The lowest BCUT2D eigenvalue weighted by molar-refractivity contribution is 0.00578. The van der Waals surface area contributed by atoms with Gasteiger partial charge in [-0.15, -0.1) is 0 Å². The highest BCUT2D eigenvalue weighted by Gasteiger charge is 2.53. The van der Waals surface area contributed by atoms with E-state index in [9.17, 15) is 4.39 Å². The number of aromatic nitrogens is 1. The Bertz CT molecular complexity index is 819. The highest BCUT2D eigenvalue weighted by Crippen LogP contribution is 2.39. The molecular weight excluding hydrogens is 372 g/mol. The summed E-state index contributed by atoms with van der Waals surface area (Å²) >= 11 is 3.46. The van der Waals surface area contributed by atoms with Gasteiger partial charge in [0.15, 0.2) is 0 Å². The second-order valence-electron chi connectivity index (χ2n) is 7.13. The van der Waals surface area contributed by atoms with Gasteiger partial charge in [-0.2, -0.15) is 0 Å². The summed E-state index contributed by atoms with van der Waals surface area (Å²) in [7, 11) is -1.01. The summed E-state index contributed by atoms with van der Waals surface area (Å²) in [5, 5.41) is 1.89. The second kappa shape index (κ2) is 5.93. The predicted octanol–water partition coefficient (Wildman–Crippen LogP) is 5.25. The van der Waals surface area contributed by atoms with E-state index < -0.39 is 24.0 Å². The Morgan fingerprint density at radius 1 is 1.17 bits per heavy atom. The number of nitrogens with zero attached hydrogens (tertiary/aromatic N) is 1. The zero-order valence-corrected chi connectivity index (χ0v) is 16.1. The van der Waals surface area contributed by atoms with Crippen LogP contribution in [0.3, 0.4) is 0 Å². The normalized spacial score (nSPS) is 20.0. The highest BCUT2D eigenvalue weighted by atomic mass is 79.9. The number of fused-ring (bicyclic) bond motifs is 1. The van der Waals surface area contributed by atoms with Crippen LogP contribution in [0.5, 0.6) is 0 Å². The molecule has 2 heterocycles. The maximum atomic E-state index is 14.8. The molecule has 1 fully saturated rings. The summed E-state index contributed by atoms with van der Waals surface area (Å²) < 4.78 is 27.2. The zero-order valence-electron chi connectivity index (χ0n) is 14.5. The van der Waals surface area contributed by atoms with Crippen LogP contribution in [0.25, 0.3) is 16.8 Å². The summed E-state index contributed by atoms with van der Waals surface area (Å²) in [5.41, 5.74) is -0.230. The fraction of sp³-hybridized carbons (Fsp3) is 0.389. The number of rotatable bonds is 2. The van der Waals surface area contributed by atoms with Crippen molar-refractivity contribution in [3.05, 3.63) is 45.9 Å². The molecule has 6 heteroatoms. The molecule has 0 atom stereocenters. The van der Waals surface area contributed by atoms with Crippen LogP contribution in [0.1, 0.15) is 39.1 Å². The molecule has 0 radical (unpaired) electrons. The summed E-state index contributed by atoms with van der Waals surface area (Å²) in [5.74, 6) is 0. The van der Waals surface area contributed by atoms with Crippen molar-refractivity contribution in [1.82, 2.24) is 4.98 Å². The number of hydrogen-bond acceptors (Lipinski definition) is 3. The van der Waals surface area contributed by atoms with Crippen LogP contribution in [-0.2, 0) is 9.31 Å². The zero-order chi connectivity index (χ0) is 17.7. The molecule has 0 bridgehead atoms. The molecule has 2 aromatic rings. The monoisotopic (exact) mass is 391 g/mol. The van der Waals surface area contributed by atoms with Crippen molar-refractivity contribution in [2.24, 2.45) is 0 Å². The Kier molecular flexibility index (Phi) is 4.35. The third kappa shape index (κ3) is 3.15. The SMILES string of the molecule is Cc1cc2ccc(Br)cc2c(C=C(F)B2OC(C)(C)C(C)(C)O2)n1. The van der Waals surface area contributed by atoms with E-state index >= 15 is 0 Å². The summed E-state index contributed by atoms with van der Waals surface area (Å²) in [4.78, 5) is 4.48. The minimum Gasteiger partial charge on any atom is -0.398 e. The molecule has 1 aliphatic rings. The van der Waals surface area contributed by atoms with Gasteiger partial charge in [-0.3, -0.25) is 4.98 Å². The van der Waals surface area contributed by atoms with Crippen LogP contribution >= 0.6 is 15.9 Å². The lowest BCUT2D eigenvalue weighted by atomic mass is 9.87. The molecular formula is C18H20BBrFNO2. The maximum Gasteiger partial charge on any atom is 0.525 e. The minimum atomic E-state index is -1.01. The predicted molar refractivity (Wildman–Crippen MR) is 99.3 cm³/mol. The lowest BCUT2D eigenvalue weighted by Gasteiger charge is -2.32. The summed E-state index contributed by atoms with van der Waals surface area (Å²) in [6.07, 6.45) is 1.41. The molecule has 0 aliphatic carbocycles. The van der Waals surface area contributed by atoms with Gasteiger partial charge in [0.05, 0.1) is 16.9 Å². The van der Waals surface area contributed by atoms with Gasteiger partial charge in [0, 0.05) is 15.6 Å². The van der Waals surface area contributed by atoms with Crippen LogP contribution < -0.4 is 0 Å². The van der Waals surface area contributed by atoms with Gasteiger partial charge < -0.3 is 9.31 Å². The second-order valence-corrected chi connectivity index (χ2v) is 8.05. The van der Waals surface area contributed by atoms with Gasteiger partial charge in [0.1, 0.15) is 5.73 Å². The molecule has 1 saturated heterocycles. The standard InChI is InChI=1S/C18H20BBrFNO2/c1-11-8-12-6-7-13(20)9-14(12)15(22-11)10-16(21)19-23-17(2,3)18(4,5)24-19/h6-10H,1-5H3. The van der Waals surface area contributed by atoms with E-state index in [1.165, 1.54) is 6.08 Å². The van der Waals surface area contributed by atoms with E-state index in [1.54, 1.807) is 0 Å². The van der Waals surface area contributed by atoms with Crippen molar-refractivity contribution in [2.45, 2.75) is 45.8 Å². The largest absolute Gasteiger partial charge is 0.525 e. The van der Waals surface area contributed by atoms with E-state index in [-0.39, 0.29) is 0 Å². The molecule has 0 spiro atoms. The molecule has 0 saturated carbocycles. The van der Waals surface area contributed by atoms with Crippen molar-refractivity contribution in [1.29, 1.82) is 0 Å².